The maximum absolute atomic E-state index is 6.20. The molecule has 2 rings (SSSR count). The lowest BCUT2D eigenvalue weighted by Crippen LogP contribution is -2.51. The van der Waals surface area contributed by atoms with Gasteiger partial charge in [0, 0.05) is 28.7 Å². The van der Waals surface area contributed by atoms with E-state index in [2.05, 4.69) is 31.1 Å². The van der Waals surface area contributed by atoms with E-state index < -0.39 is 0 Å². The van der Waals surface area contributed by atoms with Gasteiger partial charge in [-0.2, -0.15) is 0 Å². The lowest BCUT2D eigenvalue weighted by atomic mass is 9.90. The molecule has 3 unspecified atom stereocenters. The molecule has 1 saturated heterocycles. The zero-order valence-corrected chi connectivity index (χ0v) is 14.0. The minimum atomic E-state index is 0.604. The Morgan fingerprint density at radius 3 is 2.75 bits per heavy atom. The molecule has 0 aromatic heterocycles. The summed E-state index contributed by atoms with van der Waals surface area (Å²) >= 11 is 12.1. The summed E-state index contributed by atoms with van der Waals surface area (Å²) in [5.74, 6) is 0.692. The Bertz CT molecular complexity index is 450. The van der Waals surface area contributed by atoms with E-state index in [0.29, 0.717) is 23.0 Å². The van der Waals surface area contributed by atoms with Crippen molar-refractivity contribution in [2.45, 2.75) is 38.8 Å². The van der Waals surface area contributed by atoms with E-state index in [1.54, 1.807) is 0 Å². The summed E-state index contributed by atoms with van der Waals surface area (Å²) in [6.07, 6.45) is 2.16. The van der Waals surface area contributed by atoms with Crippen LogP contribution < -0.4 is 5.32 Å². The molecule has 1 aliphatic heterocycles. The van der Waals surface area contributed by atoms with Crippen LogP contribution in [0.5, 0.6) is 0 Å². The summed E-state index contributed by atoms with van der Waals surface area (Å²) in [6, 6.07) is 7.00. The topological polar surface area (TPSA) is 15.3 Å². The molecule has 20 heavy (non-hydrogen) atoms. The SMILES string of the molecule is CC1CN(C)C(C)CC1NCCc1ccc(Cl)cc1Cl. The van der Waals surface area contributed by atoms with Gasteiger partial charge in [0.15, 0.2) is 0 Å². The molecular weight excluding hydrogens is 291 g/mol. The Labute approximate surface area is 132 Å². The Morgan fingerprint density at radius 1 is 1.30 bits per heavy atom. The summed E-state index contributed by atoms with van der Waals surface area (Å²) in [5.41, 5.74) is 1.16. The molecule has 1 aromatic carbocycles. The third kappa shape index (κ3) is 4.11. The number of rotatable bonds is 4. The van der Waals surface area contributed by atoms with Gasteiger partial charge in [0.25, 0.3) is 0 Å². The summed E-state index contributed by atoms with van der Waals surface area (Å²) < 4.78 is 0. The van der Waals surface area contributed by atoms with Crippen LogP contribution in [0.3, 0.4) is 0 Å². The van der Waals surface area contributed by atoms with Gasteiger partial charge in [-0.1, -0.05) is 36.2 Å². The van der Waals surface area contributed by atoms with Crippen molar-refractivity contribution in [2.24, 2.45) is 5.92 Å². The van der Waals surface area contributed by atoms with Gasteiger partial charge in [-0.15, -0.1) is 0 Å². The highest BCUT2D eigenvalue weighted by Gasteiger charge is 2.28. The van der Waals surface area contributed by atoms with Gasteiger partial charge in [-0.25, -0.2) is 0 Å². The number of piperidine rings is 1. The van der Waals surface area contributed by atoms with Gasteiger partial charge in [-0.05, 0) is 57.0 Å². The number of nitrogens with one attached hydrogen (secondary N) is 1. The molecule has 0 bridgehead atoms. The highest BCUT2D eigenvalue weighted by molar-refractivity contribution is 6.35. The van der Waals surface area contributed by atoms with E-state index in [0.717, 1.165) is 23.6 Å². The number of hydrogen-bond acceptors (Lipinski definition) is 2. The maximum Gasteiger partial charge on any atom is 0.0453 e. The molecule has 0 aliphatic carbocycles. The quantitative estimate of drug-likeness (QED) is 0.908. The molecular formula is C16H24Cl2N2. The Balaban J connectivity index is 1.83. The molecule has 4 heteroatoms. The van der Waals surface area contributed by atoms with E-state index in [1.165, 1.54) is 13.0 Å². The Hall–Kier alpha value is -0.280. The highest BCUT2D eigenvalue weighted by atomic mass is 35.5. The maximum atomic E-state index is 6.20. The minimum absolute atomic E-state index is 0.604. The monoisotopic (exact) mass is 314 g/mol. The van der Waals surface area contributed by atoms with Crippen molar-refractivity contribution < 1.29 is 0 Å². The van der Waals surface area contributed by atoms with Crippen LogP contribution in [0, 0.1) is 5.92 Å². The van der Waals surface area contributed by atoms with Crippen molar-refractivity contribution in [3.63, 3.8) is 0 Å². The predicted molar refractivity (Wildman–Crippen MR) is 87.8 cm³/mol. The van der Waals surface area contributed by atoms with E-state index >= 15 is 0 Å². The van der Waals surface area contributed by atoms with Gasteiger partial charge in [0.1, 0.15) is 0 Å². The predicted octanol–water partition coefficient (Wildman–Crippen LogP) is 3.85. The fourth-order valence-corrected chi connectivity index (χ4v) is 3.45. The van der Waals surface area contributed by atoms with Crippen LogP contribution >= 0.6 is 23.2 Å². The second-order valence-electron chi connectivity index (χ2n) is 6.05. The Kier molecular flexibility index (Phi) is 5.74. The summed E-state index contributed by atoms with van der Waals surface area (Å²) in [7, 11) is 2.21. The van der Waals surface area contributed by atoms with Crippen molar-refractivity contribution in [3.8, 4) is 0 Å². The molecule has 2 nitrogen and oxygen atoms in total. The molecule has 1 aliphatic rings. The third-order valence-corrected chi connectivity index (χ3v) is 5.01. The zero-order valence-electron chi connectivity index (χ0n) is 12.5. The first-order valence-corrected chi connectivity index (χ1v) is 8.10. The van der Waals surface area contributed by atoms with Crippen molar-refractivity contribution >= 4 is 23.2 Å². The Morgan fingerprint density at radius 2 is 2.05 bits per heavy atom. The first-order chi connectivity index (χ1) is 9.47. The van der Waals surface area contributed by atoms with E-state index in [9.17, 15) is 0 Å². The lowest BCUT2D eigenvalue weighted by Gasteiger charge is -2.40. The van der Waals surface area contributed by atoms with Crippen LogP contribution in [0.2, 0.25) is 10.0 Å². The standard InChI is InChI=1S/C16H24Cl2N2/c1-11-10-20(3)12(2)8-16(11)19-7-6-13-4-5-14(17)9-15(13)18/h4-5,9,11-12,16,19H,6-8,10H2,1-3H3. The molecule has 1 N–H and O–H groups in total. The summed E-state index contributed by atoms with van der Waals surface area (Å²) in [5, 5.41) is 5.16. The lowest BCUT2D eigenvalue weighted by molar-refractivity contribution is 0.122. The molecule has 1 heterocycles. The normalized spacial score (nSPS) is 27.8. The molecule has 0 spiro atoms. The van der Waals surface area contributed by atoms with E-state index in [-0.39, 0.29) is 0 Å². The van der Waals surface area contributed by atoms with Gasteiger partial charge < -0.3 is 10.2 Å². The smallest absolute Gasteiger partial charge is 0.0453 e. The van der Waals surface area contributed by atoms with Crippen molar-refractivity contribution in [1.29, 1.82) is 0 Å². The van der Waals surface area contributed by atoms with Gasteiger partial charge in [0.2, 0.25) is 0 Å². The van der Waals surface area contributed by atoms with E-state index in [4.69, 9.17) is 23.2 Å². The summed E-state index contributed by atoms with van der Waals surface area (Å²) in [4.78, 5) is 2.44. The second-order valence-corrected chi connectivity index (χ2v) is 6.89. The van der Waals surface area contributed by atoms with Crippen LogP contribution in [-0.2, 0) is 6.42 Å². The number of nitrogens with zero attached hydrogens (tertiary/aromatic N) is 1. The van der Waals surface area contributed by atoms with Crippen LogP contribution in [0.4, 0.5) is 0 Å². The average molecular weight is 315 g/mol. The third-order valence-electron chi connectivity index (χ3n) is 4.43. The van der Waals surface area contributed by atoms with Crippen LogP contribution in [0.25, 0.3) is 0 Å². The largest absolute Gasteiger partial charge is 0.313 e. The molecule has 1 aromatic rings. The van der Waals surface area contributed by atoms with Crippen molar-refractivity contribution in [3.05, 3.63) is 33.8 Å². The van der Waals surface area contributed by atoms with Crippen LogP contribution in [0.1, 0.15) is 25.8 Å². The minimum Gasteiger partial charge on any atom is -0.313 e. The van der Waals surface area contributed by atoms with Gasteiger partial charge >= 0.3 is 0 Å². The number of likely N-dealkylation sites (tertiary alicyclic amines) is 1. The van der Waals surface area contributed by atoms with Crippen LogP contribution in [0.15, 0.2) is 18.2 Å². The van der Waals surface area contributed by atoms with Crippen molar-refractivity contribution in [2.75, 3.05) is 20.1 Å². The summed E-state index contributed by atoms with van der Waals surface area (Å²) in [6.45, 7) is 6.76. The van der Waals surface area contributed by atoms with E-state index in [1.807, 2.05) is 18.2 Å². The molecule has 112 valence electrons. The number of halogens is 2. The number of hydrogen-bond donors (Lipinski definition) is 1. The average Bonchev–Trinajstić information content (AvgIpc) is 2.38. The second kappa shape index (κ2) is 7.13. The first kappa shape index (κ1) is 16.1. The highest BCUT2D eigenvalue weighted by Crippen LogP contribution is 2.22. The molecule has 0 amide bonds. The molecule has 1 fully saturated rings. The van der Waals surface area contributed by atoms with Crippen molar-refractivity contribution in [1.82, 2.24) is 10.2 Å². The molecule has 0 saturated carbocycles. The molecule has 3 atom stereocenters. The first-order valence-electron chi connectivity index (χ1n) is 7.35. The fourth-order valence-electron chi connectivity index (χ4n) is 2.94. The van der Waals surface area contributed by atoms with Gasteiger partial charge in [-0.3, -0.25) is 0 Å². The molecule has 0 radical (unpaired) electrons. The zero-order chi connectivity index (χ0) is 14.7. The van der Waals surface area contributed by atoms with Gasteiger partial charge in [0.05, 0.1) is 0 Å². The van der Waals surface area contributed by atoms with Crippen LogP contribution in [-0.4, -0.2) is 37.1 Å². The number of benzene rings is 1. The fraction of sp³-hybridized carbons (Fsp3) is 0.625.